The normalized spacial score (nSPS) is 31.3. The number of hydrogen-bond donors (Lipinski definition) is 1. The van der Waals surface area contributed by atoms with Crippen LogP contribution in [0.25, 0.3) is 0 Å². The van der Waals surface area contributed by atoms with Crippen LogP contribution in [0.1, 0.15) is 18.5 Å². The number of thiophene rings is 1. The molecule has 1 aromatic heterocycles. The molecule has 1 N–H and O–H groups in total. The van der Waals surface area contributed by atoms with E-state index in [1.807, 2.05) is 6.07 Å². The lowest BCUT2D eigenvalue weighted by Gasteiger charge is -2.14. The molecule has 2 nitrogen and oxygen atoms in total. The molecule has 0 radical (unpaired) electrons. The Morgan fingerprint density at radius 2 is 2.25 bits per heavy atom. The summed E-state index contributed by atoms with van der Waals surface area (Å²) in [6, 6.07) is 1.95. The average molecular weight is 298 g/mol. The van der Waals surface area contributed by atoms with Crippen LogP contribution in [0.3, 0.4) is 0 Å². The fourth-order valence-electron chi connectivity index (χ4n) is 1.82. The average Bonchev–Trinajstić information content (AvgIpc) is 2.41. The van der Waals surface area contributed by atoms with Gasteiger partial charge < -0.3 is 5.32 Å². The molecule has 0 amide bonds. The summed E-state index contributed by atoms with van der Waals surface area (Å²) in [4.78, 5) is 0. The fraction of sp³-hybridized carbons (Fsp3) is 0.600. The smallest absolute Gasteiger partial charge is 0.0992 e. The van der Waals surface area contributed by atoms with Crippen molar-refractivity contribution in [3.63, 3.8) is 0 Å². The summed E-state index contributed by atoms with van der Waals surface area (Å²) in [5.41, 5.74) is 0.985. The first-order valence-electron chi connectivity index (χ1n) is 5.09. The molecule has 0 aromatic carbocycles. The van der Waals surface area contributed by atoms with Gasteiger partial charge in [-0.1, -0.05) is 30.1 Å². The van der Waals surface area contributed by atoms with Crippen LogP contribution in [0, 0.1) is 5.92 Å². The molecule has 3 atom stereocenters. The Morgan fingerprint density at radius 3 is 2.88 bits per heavy atom. The van der Waals surface area contributed by atoms with E-state index in [2.05, 4.69) is 12.2 Å². The van der Waals surface area contributed by atoms with Crippen LogP contribution < -0.4 is 5.32 Å². The van der Waals surface area contributed by atoms with Gasteiger partial charge in [0.2, 0.25) is 0 Å². The van der Waals surface area contributed by atoms with Crippen molar-refractivity contribution >= 4 is 45.3 Å². The zero-order chi connectivity index (χ0) is 11.7. The lowest BCUT2D eigenvalue weighted by atomic mass is 10.1. The van der Waals surface area contributed by atoms with E-state index in [1.54, 1.807) is 0 Å². The topological polar surface area (TPSA) is 29.1 Å². The molecule has 6 heteroatoms. The number of nitrogens with one attached hydrogen (secondary N) is 1. The van der Waals surface area contributed by atoms with Crippen molar-refractivity contribution < 1.29 is 4.21 Å². The number of hydrogen-bond acceptors (Lipinski definition) is 3. The molecule has 0 saturated carbocycles. The van der Waals surface area contributed by atoms with Gasteiger partial charge in [0.05, 0.1) is 8.67 Å². The van der Waals surface area contributed by atoms with Gasteiger partial charge in [0.15, 0.2) is 0 Å². The van der Waals surface area contributed by atoms with Gasteiger partial charge in [-0.25, -0.2) is 0 Å². The van der Waals surface area contributed by atoms with Crippen LogP contribution in [0.15, 0.2) is 6.07 Å². The minimum absolute atomic E-state index is 0.0713. The second kappa shape index (κ2) is 5.36. The SMILES string of the molecule is CC1CNC(c2cc(Cl)sc2Cl)CS(=O)C1. The van der Waals surface area contributed by atoms with E-state index in [4.69, 9.17) is 23.2 Å². The third-order valence-corrected chi connectivity index (χ3v) is 5.76. The Kier molecular flexibility index (Phi) is 4.30. The minimum Gasteiger partial charge on any atom is -0.309 e. The highest BCUT2D eigenvalue weighted by Crippen LogP contribution is 2.35. The highest BCUT2D eigenvalue weighted by atomic mass is 35.5. The summed E-state index contributed by atoms with van der Waals surface area (Å²) in [5, 5.41) is 3.40. The monoisotopic (exact) mass is 297 g/mol. The highest BCUT2D eigenvalue weighted by Gasteiger charge is 2.24. The van der Waals surface area contributed by atoms with Gasteiger partial charge in [-0.15, -0.1) is 11.3 Å². The predicted octanol–water partition coefficient (Wildman–Crippen LogP) is 3.08. The quantitative estimate of drug-likeness (QED) is 0.863. The third-order valence-electron chi connectivity index (χ3n) is 2.59. The minimum atomic E-state index is -0.777. The molecule has 1 saturated heterocycles. The van der Waals surface area contributed by atoms with E-state index in [-0.39, 0.29) is 6.04 Å². The van der Waals surface area contributed by atoms with E-state index in [1.165, 1.54) is 11.3 Å². The molecule has 1 aromatic rings. The molecule has 2 rings (SSSR count). The molecule has 1 fully saturated rings. The highest BCUT2D eigenvalue weighted by molar-refractivity contribution is 7.85. The maximum atomic E-state index is 11.8. The Morgan fingerprint density at radius 1 is 1.50 bits per heavy atom. The van der Waals surface area contributed by atoms with Crippen LogP contribution in [0.4, 0.5) is 0 Å². The predicted molar refractivity (Wildman–Crippen MR) is 72.1 cm³/mol. The maximum Gasteiger partial charge on any atom is 0.0992 e. The molecular formula is C10H13Cl2NOS2. The zero-order valence-electron chi connectivity index (χ0n) is 8.83. The van der Waals surface area contributed by atoms with Gasteiger partial charge in [0.25, 0.3) is 0 Å². The summed E-state index contributed by atoms with van der Waals surface area (Å²) in [6.07, 6.45) is 0. The maximum absolute atomic E-state index is 11.8. The van der Waals surface area contributed by atoms with Crippen LogP contribution in [-0.4, -0.2) is 22.3 Å². The van der Waals surface area contributed by atoms with Gasteiger partial charge in [-0.2, -0.15) is 0 Å². The summed E-state index contributed by atoms with van der Waals surface area (Å²) in [5.74, 6) is 1.83. The van der Waals surface area contributed by atoms with E-state index < -0.39 is 10.8 Å². The van der Waals surface area contributed by atoms with E-state index in [9.17, 15) is 4.21 Å². The first kappa shape index (κ1) is 12.8. The molecule has 1 aliphatic heterocycles. The molecule has 3 unspecified atom stereocenters. The Bertz CT molecular complexity index is 408. The lowest BCUT2D eigenvalue weighted by Crippen LogP contribution is -2.25. The van der Waals surface area contributed by atoms with Crippen LogP contribution in [-0.2, 0) is 10.8 Å². The largest absolute Gasteiger partial charge is 0.309 e. The Labute approximate surface area is 112 Å². The van der Waals surface area contributed by atoms with E-state index in [0.717, 1.165) is 17.9 Å². The van der Waals surface area contributed by atoms with Gasteiger partial charge in [-0.3, -0.25) is 4.21 Å². The van der Waals surface area contributed by atoms with Crippen molar-refractivity contribution in [2.75, 3.05) is 18.1 Å². The van der Waals surface area contributed by atoms with Crippen LogP contribution in [0.5, 0.6) is 0 Å². The molecule has 0 spiro atoms. The van der Waals surface area contributed by atoms with Gasteiger partial charge >= 0.3 is 0 Å². The van der Waals surface area contributed by atoms with Gasteiger partial charge in [0.1, 0.15) is 0 Å². The van der Waals surface area contributed by atoms with Gasteiger partial charge in [0, 0.05) is 33.9 Å². The first-order chi connectivity index (χ1) is 7.56. The summed E-state index contributed by atoms with van der Waals surface area (Å²) >= 11 is 13.4. The summed E-state index contributed by atoms with van der Waals surface area (Å²) < 4.78 is 13.2. The van der Waals surface area contributed by atoms with Crippen molar-refractivity contribution in [2.45, 2.75) is 13.0 Å². The third kappa shape index (κ3) is 2.99. The van der Waals surface area contributed by atoms with Gasteiger partial charge in [-0.05, 0) is 18.5 Å². The second-order valence-corrected chi connectivity index (χ2v) is 7.95. The van der Waals surface area contributed by atoms with Crippen molar-refractivity contribution in [3.8, 4) is 0 Å². The second-order valence-electron chi connectivity index (χ2n) is 4.12. The molecular weight excluding hydrogens is 285 g/mol. The molecule has 0 bridgehead atoms. The molecule has 0 aliphatic carbocycles. The van der Waals surface area contributed by atoms with Crippen molar-refractivity contribution in [1.82, 2.24) is 5.32 Å². The van der Waals surface area contributed by atoms with E-state index in [0.29, 0.717) is 20.3 Å². The lowest BCUT2D eigenvalue weighted by molar-refractivity contribution is 0.518. The number of halogens is 2. The zero-order valence-corrected chi connectivity index (χ0v) is 12.0. The van der Waals surface area contributed by atoms with Crippen LogP contribution in [0.2, 0.25) is 8.67 Å². The molecule has 1 aliphatic rings. The van der Waals surface area contributed by atoms with Crippen molar-refractivity contribution in [2.24, 2.45) is 5.92 Å². The Balaban J connectivity index is 2.20. The van der Waals surface area contributed by atoms with Crippen molar-refractivity contribution in [3.05, 3.63) is 20.3 Å². The summed E-state index contributed by atoms with van der Waals surface area (Å²) in [7, 11) is -0.777. The van der Waals surface area contributed by atoms with Crippen LogP contribution >= 0.6 is 34.5 Å². The summed E-state index contributed by atoms with van der Waals surface area (Å²) in [6.45, 7) is 2.98. The van der Waals surface area contributed by atoms with Crippen molar-refractivity contribution in [1.29, 1.82) is 0 Å². The first-order valence-corrected chi connectivity index (χ1v) is 8.15. The molecule has 16 heavy (non-hydrogen) atoms. The standard InChI is InChI=1S/C10H13Cl2NOS2/c1-6-3-13-8(5-16(14)4-6)7-2-9(11)15-10(7)12/h2,6,8,13H,3-5H2,1H3. The Hall–Kier alpha value is 0.390. The number of rotatable bonds is 1. The fourth-order valence-corrected chi connectivity index (χ4v) is 4.96. The molecule has 90 valence electrons. The molecule has 2 heterocycles. The van der Waals surface area contributed by atoms with E-state index >= 15 is 0 Å².